The maximum Gasteiger partial charge on any atom is 0.335 e. The van der Waals surface area contributed by atoms with E-state index in [-0.39, 0.29) is 0 Å². The van der Waals surface area contributed by atoms with Crippen LogP contribution in [-0.2, 0) is 6.61 Å². The van der Waals surface area contributed by atoms with Crippen LogP contribution in [0.3, 0.4) is 0 Å². The van der Waals surface area contributed by atoms with E-state index >= 15 is 0 Å². The molecule has 1 N–H and O–H groups in total. The Balaban J connectivity index is 2.06. The number of halogens is 1. The molecule has 18 heavy (non-hydrogen) atoms. The first-order valence-corrected chi connectivity index (χ1v) is 6.46. The second-order valence-corrected chi connectivity index (χ2v) is 5.58. The second kappa shape index (κ2) is 5.42. The molecule has 0 aliphatic heterocycles. The number of aryl methyl sites for hydroxylation is 1. The Hall–Kier alpha value is -1.52. The third kappa shape index (κ3) is 3.03. The molecule has 0 atom stereocenters. The lowest BCUT2D eigenvalue weighted by molar-refractivity contribution is 0.0696. The zero-order valence-corrected chi connectivity index (χ0v) is 11.2. The van der Waals surface area contributed by atoms with Gasteiger partial charge in [0.25, 0.3) is 0 Å². The molecule has 0 saturated heterocycles. The summed E-state index contributed by atoms with van der Waals surface area (Å²) in [4.78, 5) is 11.9. The summed E-state index contributed by atoms with van der Waals surface area (Å²) in [5.41, 5.74) is 0.978. The van der Waals surface area contributed by atoms with Gasteiger partial charge in [-0.3, -0.25) is 0 Å². The number of hydrogen-bond donors (Lipinski definition) is 1. The second-order valence-electron chi connectivity index (χ2n) is 3.78. The van der Waals surface area contributed by atoms with Crippen LogP contribution in [0.2, 0.25) is 4.34 Å². The van der Waals surface area contributed by atoms with Gasteiger partial charge in [-0.2, -0.15) is 0 Å². The summed E-state index contributed by atoms with van der Waals surface area (Å²) in [6.45, 7) is 2.18. The van der Waals surface area contributed by atoms with Gasteiger partial charge in [0.2, 0.25) is 0 Å². The Kier molecular flexibility index (Phi) is 3.89. The van der Waals surface area contributed by atoms with E-state index in [2.05, 4.69) is 0 Å². The van der Waals surface area contributed by atoms with Gasteiger partial charge < -0.3 is 9.84 Å². The SMILES string of the molecule is Cc1cc(OCc2ccc(Cl)s2)ccc1C(=O)O. The van der Waals surface area contributed by atoms with Crippen LogP contribution in [0.25, 0.3) is 0 Å². The number of carboxylic acid groups (broad SMARTS) is 1. The van der Waals surface area contributed by atoms with Gasteiger partial charge in [0.15, 0.2) is 0 Å². The number of ether oxygens (including phenoxy) is 1. The van der Waals surface area contributed by atoms with Crippen molar-refractivity contribution >= 4 is 28.9 Å². The fraction of sp³-hybridized carbons (Fsp3) is 0.154. The molecule has 0 aliphatic rings. The summed E-state index contributed by atoms with van der Waals surface area (Å²) in [5.74, 6) is -0.272. The van der Waals surface area contributed by atoms with E-state index < -0.39 is 5.97 Å². The molecule has 0 amide bonds. The number of rotatable bonds is 4. The molecule has 0 aliphatic carbocycles. The predicted molar refractivity (Wildman–Crippen MR) is 71.8 cm³/mol. The maximum atomic E-state index is 10.9. The van der Waals surface area contributed by atoms with Gasteiger partial charge in [-0.05, 0) is 42.8 Å². The Bertz CT molecular complexity index is 577. The van der Waals surface area contributed by atoms with Crippen LogP contribution in [0.1, 0.15) is 20.8 Å². The summed E-state index contributed by atoms with van der Waals surface area (Å²) in [6.07, 6.45) is 0. The number of hydrogen-bond acceptors (Lipinski definition) is 3. The van der Waals surface area contributed by atoms with Crippen molar-refractivity contribution in [2.24, 2.45) is 0 Å². The van der Waals surface area contributed by atoms with Gasteiger partial charge in [0.1, 0.15) is 12.4 Å². The number of aromatic carboxylic acids is 1. The highest BCUT2D eigenvalue weighted by molar-refractivity contribution is 7.16. The summed E-state index contributed by atoms with van der Waals surface area (Å²) >= 11 is 7.29. The van der Waals surface area contributed by atoms with E-state index in [9.17, 15) is 4.79 Å². The van der Waals surface area contributed by atoms with Crippen LogP contribution in [0.4, 0.5) is 0 Å². The average Bonchev–Trinajstić information content (AvgIpc) is 2.72. The Morgan fingerprint density at radius 3 is 2.72 bits per heavy atom. The molecule has 1 aromatic carbocycles. The molecule has 0 radical (unpaired) electrons. The zero-order chi connectivity index (χ0) is 13.1. The number of thiophene rings is 1. The summed E-state index contributed by atoms with van der Waals surface area (Å²) < 4.78 is 6.31. The fourth-order valence-corrected chi connectivity index (χ4v) is 2.55. The fourth-order valence-electron chi connectivity index (χ4n) is 1.55. The van der Waals surface area contributed by atoms with Gasteiger partial charge >= 0.3 is 5.97 Å². The largest absolute Gasteiger partial charge is 0.488 e. The standard InChI is InChI=1S/C13H11ClO3S/c1-8-6-9(2-4-11(8)13(15)16)17-7-10-3-5-12(14)18-10/h2-6H,7H2,1H3,(H,15,16). The van der Waals surface area contributed by atoms with Crippen LogP contribution in [-0.4, -0.2) is 11.1 Å². The highest BCUT2D eigenvalue weighted by Crippen LogP contribution is 2.24. The van der Waals surface area contributed by atoms with E-state index in [0.29, 0.717) is 23.5 Å². The van der Waals surface area contributed by atoms with Crippen molar-refractivity contribution in [3.8, 4) is 5.75 Å². The average molecular weight is 283 g/mol. The lowest BCUT2D eigenvalue weighted by atomic mass is 10.1. The van der Waals surface area contributed by atoms with Gasteiger partial charge in [0, 0.05) is 4.88 Å². The Morgan fingerprint density at radius 1 is 1.39 bits per heavy atom. The quantitative estimate of drug-likeness (QED) is 0.922. The van der Waals surface area contributed by atoms with Crippen LogP contribution in [0, 0.1) is 6.92 Å². The van der Waals surface area contributed by atoms with Gasteiger partial charge in [0.05, 0.1) is 9.90 Å². The van der Waals surface area contributed by atoms with Crippen LogP contribution in [0.5, 0.6) is 5.75 Å². The monoisotopic (exact) mass is 282 g/mol. The van der Waals surface area contributed by atoms with E-state index in [1.807, 2.05) is 12.1 Å². The molecular weight excluding hydrogens is 272 g/mol. The van der Waals surface area contributed by atoms with Crippen molar-refractivity contribution in [1.29, 1.82) is 0 Å². The summed E-state index contributed by atoms with van der Waals surface area (Å²) in [5, 5.41) is 8.91. The normalized spacial score (nSPS) is 10.3. The number of benzene rings is 1. The van der Waals surface area contributed by atoms with Crippen molar-refractivity contribution in [3.05, 3.63) is 50.7 Å². The minimum absolute atomic E-state index is 0.293. The van der Waals surface area contributed by atoms with Crippen LogP contribution < -0.4 is 4.74 Å². The Labute approximate surface area is 114 Å². The highest BCUT2D eigenvalue weighted by Gasteiger charge is 2.08. The smallest absolute Gasteiger partial charge is 0.335 e. The number of carbonyl (C=O) groups is 1. The molecule has 5 heteroatoms. The molecule has 2 rings (SSSR count). The molecule has 3 nitrogen and oxygen atoms in total. The topological polar surface area (TPSA) is 46.5 Å². The zero-order valence-electron chi connectivity index (χ0n) is 9.64. The third-order valence-electron chi connectivity index (χ3n) is 2.44. The molecule has 94 valence electrons. The molecular formula is C13H11ClO3S. The third-order valence-corrected chi connectivity index (χ3v) is 3.64. The molecule has 2 aromatic rings. The minimum atomic E-state index is -0.927. The van der Waals surface area contributed by atoms with Gasteiger partial charge in [-0.15, -0.1) is 11.3 Å². The van der Waals surface area contributed by atoms with E-state index in [4.69, 9.17) is 21.4 Å². The summed E-state index contributed by atoms with van der Waals surface area (Å²) in [6, 6.07) is 8.66. The first-order chi connectivity index (χ1) is 8.56. The molecule has 1 heterocycles. The van der Waals surface area contributed by atoms with Crippen LogP contribution >= 0.6 is 22.9 Å². The Morgan fingerprint density at radius 2 is 2.17 bits per heavy atom. The highest BCUT2D eigenvalue weighted by atomic mass is 35.5. The van der Waals surface area contributed by atoms with Crippen molar-refractivity contribution in [2.45, 2.75) is 13.5 Å². The molecule has 0 bridgehead atoms. The van der Waals surface area contributed by atoms with Crippen molar-refractivity contribution in [3.63, 3.8) is 0 Å². The maximum absolute atomic E-state index is 10.9. The lowest BCUT2D eigenvalue weighted by Crippen LogP contribution is -2.00. The van der Waals surface area contributed by atoms with E-state index in [0.717, 1.165) is 9.21 Å². The van der Waals surface area contributed by atoms with E-state index in [1.165, 1.54) is 11.3 Å². The first kappa shape index (κ1) is 12.9. The van der Waals surface area contributed by atoms with Crippen molar-refractivity contribution < 1.29 is 14.6 Å². The molecule has 0 unspecified atom stereocenters. The van der Waals surface area contributed by atoms with Gasteiger partial charge in [-0.1, -0.05) is 11.6 Å². The predicted octanol–water partition coefficient (Wildman–Crippen LogP) is 3.99. The molecule has 0 saturated carbocycles. The van der Waals surface area contributed by atoms with Crippen molar-refractivity contribution in [1.82, 2.24) is 0 Å². The number of carboxylic acids is 1. The lowest BCUT2D eigenvalue weighted by Gasteiger charge is -2.07. The molecule has 1 aromatic heterocycles. The van der Waals surface area contributed by atoms with Gasteiger partial charge in [-0.25, -0.2) is 4.79 Å². The molecule has 0 spiro atoms. The minimum Gasteiger partial charge on any atom is -0.488 e. The van der Waals surface area contributed by atoms with Crippen molar-refractivity contribution in [2.75, 3.05) is 0 Å². The van der Waals surface area contributed by atoms with Crippen LogP contribution in [0.15, 0.2) is 30.3 Å². The molecule has 0 fully saturated rings. The van der Waals surface area contributed by atoms with E-state index in [1.54, 1.807) is 25.1 Å². The first-order valence-electron chi connectivity index (χ1n) is 5.27. The summed E-state index contributed by atoms with van der Waals surface area (Å²) in [7, 11) is 0.